The maximum atomic E-state index is 4.37. The van der Waals surface area contributed by atoms with Gasteiger partial charge in [-0.05, 0) is 29.8 Å². The van der Waals surface area contributed by atoms with Crippen molar-refractivity contribution in [2.45, 2.75) is 0 Å². The molecule has 3 rings (SSSR count). The zero-order chi connectivity index (χ0) is 12.4. The van der Waals surface area contributed by atoms with E-state index >= 15 is 0 Å². The summed E-state index contributed by atoms with van der Waals surface area (Å²) in [6.07, 6.45) is 7.39. The Bertz CT molecular complexity index is 662. The summed E-state index contributed by atoms with van der Waals surface area (Å²) in [5.41, 5.74) is 3.24. The van der Waals surface area contributed by atoms with E-state index < -0.39 is 0 Å². The molecule has 0 saturated carbocycles. The maximum Gasteiger partial charge on any atom is 0.0676 e. The summed E-state index contributed by atoms with van der Waals surface area (Å²) < 4.78 is 2.91. The van der Waals surface area contributed by atoms with Gasteiger partial charge in [-0.1, -0.05) is 28.1 Å². The van der Waals surface area contributed by atoms with Gasteiger partial charge in [0, 0.05) is 28.6 Å². The quantitative estimate of drug-likeness (QED) is 0.722. The summed E-state index contributed by atoms with van der Waals surface area (Å²) in [5.74, 6) is 0. The molecule has 0 bridgehead atoms. The third-order valence-electron chi connectivity index (χ3n) is 2.67. The zero-order valence-corrected chi connectivity index (χ0v) is 11.1. The Balaban J connectivity index is 2.00. The lowest BCUT2D eigenvalue weighted by Crippen LogP contribution is -1.93. The highest BCUT2D eigenvalue weighted by atomic mass is 79.9. The minimum absolute atomic E-state index is 1.01. The highest BCUT2D eigenvalue weighted by Gasteiger charge is 2.03. The van der Waals surface area contributed by atoms with Gasteiger partial charge in [0.15, 0.2) is 0 Å². The van der Waals surface area contributed by atoms with Crippen molar-refractivity contribution >= 4 is 15.9 Å². The van der Waals surface area contributed by atoms with E-state index in [1.54, 1.807) is 12.4 Å². The van der Waals surface area contributed by atoms with Gasteiger partial charge in [-0.15, -0.1) is 0 Å². The number of halogens is 1. The van der Waals surface area contributed by atoms with Crippen molar-refractivity contribution < 1.29 is 0 Å². The van der Waals surface area contributed by atoms with Crippen molar-refractivity contribution in [3.63, 3.8) is 0 Å². The first-order valence-electron chi connectivity index (χ1n) is 5.54. The van der Waals surface area contributed by atoms with E-state index in [0.29, 0.717) is 0 Å². The molecule has 0 radical (unpaired) electrons. The van der Waals surface area contributed by atoms with E-state index in [-0.39, 0.29) is 0 Å². The molecule has 0 unspecified atom stereocenters. The van der Waals surface area contributed by atoms with E-state index in [0.717, 1.165) is 21.3 Å². The van der Waals surface area contributed by atoms with Crippen LogP contribution in [0.15, 0.2) is 65.7 Å². The second-order valence-electron chi connectivity index (χ2n) is 3.89. The number of benzene rings is 1. The zero-order valence-electron chi connectivity index (χ0n) is 9.49. The summed E-state index contributed by atoms with van der Waals surface area (Å²) in [4.78, 5) is 4.00. The molecule has 0 fully saturated rings. The van der Waals surface area contributed by atoms with Crippen LogP contribution in [0.5, 0.6) is 0 Å². The number of aromatic nitrogens is 3. The molecular weight excluding hydrogens is 290 g/mol. The van der Waals surface area contributed by atoms with Crippen LogP contribution in [0.25, 0.3) is 16.8 Å². The average Bonchev–Trinajstić information content (AvgIpc) is 2.89. The smallest absolute Gasteiger partial charge is 0.0676 e. The molecular formula is C14H10BrN3. The molecule has 0 amide bonds. The van der Waals surface area contributed by atoms with Crippen molar-refractivity contribution in [2.24, 2.45) is 0 Å². The Morgan fingerprint density at radius 3 is 2.61 bits per heavy atom. The van der Waals surface area contributed by atoms with Crippen molar-refractivity contribution in [2.75, 3.05) is 0 Å². The van der Waals surface area contributed by atoms with Crippen molar-refractivity contribution in [1.82, 2.24) is 14.8 Å². The fraction of sp³-hybridized carbons (Fsp3) is 0. The summed E-state index contributed by atoms with van der Waals surface area (Å²) in [6.45, 7) is 0. The van der Waals surface area contributed by atoms with Gasteiger partial charge in [-0.2, -0.15) is 5.10 Å². The van der Waals surface area contributed by atoms with Gasteiger partial charge in [0.05, 0.1) is 11.9 Å². The Hall–Kier alpha value is -1.94. The minimum atomic E-state index is 1.01. The van der Waals surface area contributed by atoms with Gasteiger partial charge in [-0.25, -0.2) is 4.68 Å². The highest BCUT2D eigenvalue weighted by Crippen LogP contribution is 2.23. The average molecular weight is 300 g/mol. The number of pyridine rings is 1. The topological polar surface area (TPSA) is 30.7 Å². The lowest BCUT2D eigenvalue weighted by Gasteiger charge is -1.99. The third-order valence-corrected chi connectivity index (χ3v) is 3.16. The summed E-state index contributed by atoms with van der Waals surface area (Å²) in [7, 11) is 0. The molecule has 18 heavy (non-hydrogen) atoms. The number of hydrogen-bond donors (Lipinski definition) is 0. The van der Waals surface area contributed by atoms with Crippen molar-refractivity contribution in [3.05, 3.63) is 65.7 Å². The first-order valence-corrected chi connectivity index (χ1v) is 6.33. The number of nitrogens with zero attached hydrogens (tertiary/aromatic N) is 3. The summed E-state index contributed by atoms with van der Waals surface area (Å²) >= 11 is 3.48. The van der Waals surface area contributed by atoms with E-state index in [2.05, 4.69) is 38.1 Å². The molecule has 0 aliphatic heterocycles. The molecule has 2 aromatic heterocycles. The Morgan fingerprint density at radius 1 is 1.00 bits per heavy atom. The first-order chi connectivity index (χ1) is 8.83. The van der Waals surface area contributed by atoms with Crippen LogP contribution in [0.2, 0.25) is 0 Å². The second-order valence-corrected chi connectivity index (χ2v) is 4.81. The predicted octanol–water partition coefficient (Wildman–Crippen LogP) is 3.70. The lowest BCUT2D eigenvalue weighted by atomic mass is 10.1. The van der Waals surface area contributed by atoms with Crippen LogP contribution in [0, 0.1) is 0 Å². The Morgan fingerprint density at radius 2 is 1.83 bits per heavy atom. The van der Waals surface area contributed by atoms with Crippen LogP contribution in [0.4, 0.5) is 0 Å². The van der Waals surface area contributed by atoms with Crippen molar-refractivity contribution in [3.8, 4) is 16.8 Å². The normalized spacial score (nSPS) is 10.5. The number of rotatable bonds is 2. The Labute approximate surface area is 113 Å². The molecule has 0 N–H and O–H groups in total. The highest BCUT2D eigenvalue weighted by molar-refractivity contribution is 9.10. The molecule has 3 aromatic rings. The van der Waals surface area contributed by atoms with E-state index in [4.69, 9.17) is 0 Å². The monoisotopic (exact) mass is 299 g/mol. The van der Waals surface area contributed by atoms with Gasteiger partial charge in [-0.3, -0.25) is 4.98 Å². The largest absolute Gasteiger partial charge is 0.265 e. The van der Waals surface area contributed by atoms with Crippen LogP contribution in [-0.2, 0) is 0 Å². The van der Waals surface area contributed by atoms with Crippen LogP contribution < -0.4 is 0 Å². The fourth-order valence-electron chi connectivity index (χ4n) is 1.78. The van der Waals surface area contributed by atoms with Crippen LogP contribution in [0.1, 0.15) is 0 Å². The van der Waals surface area contributed by atoms with Crippen molar-refractivity contribution in [1.29, 1.82) is 0 Å². The van der Waals surface area contributed by atoms with Crippen LogP contribution >= 0.6 is 15.9 Å². The summed E-state index contributed by atoms with van der Waals surface area (Å²) in [5, 5.41) is 4.37. The SMILES string of the molecule is Brc1cccc(-c2cnn(-c3ccncc3)c2)c1. The molecule has 2 heterocycles. The van der Waals surface area contributed by atoms with Gasteiger partial charge in [0.1, 0.15) is 0 Å². The Kier molecular flexibility index (Phi) is 2.94. The predicted molar refractivity (Wildman–Crippen MR) is 74.5 cm³/mol. The number of hydrogen-bond acceptors (Lipinski definition) is 2. The van der Waals surface area contributed by atoms with Gasteiger partial charge < -0.3 is 0 Å². The van der Waals surface area contributed by atoms with Crippen LogP contribution in [-0.4, -0.2) is 14.8 Å². The van der Waals surface area contributed by atoms with E-state index in [1.807, 2.05) is 41.3 Å². The maximum absolute atomic E-state index is 4.37. The molecule has 0 atom stereocenters. The second kappa shape index (κ2) is 4.74. The molecule has 0 saturated heterocycles. The van der Waals surface area contributed by atoms with E-state index in [1.165, 1.54) is 0 Å². The van der Waals surface area contributed by atoms with Gasteiger partial charge >= 0.3 is 0 Å². The molecule has 0 aliphatic carbocycles. The van der Waals surface area contributed by atoms with Gasteiger partial charge in [0.25, 0.3) is 0 Å². The van der Waals surface area contributed by atoms with Gasteiger partial charge in [0.2, 0.25) is 0 Å². The molecule has 1 aromatic carbocycles. The molecule has 0 spiro atoms. The summed E-state index contributed by atoms with van der Waals surface area (Å²) in [6, 6.07) is 12.0. The lowest BCUT2D eigenvalue weighted by molar-refractivity contribution is 0.878. The molecule has 88 valence electrons. The van der Waals surface area contributed by atoms with E-state index in [9.17, 15) is 0 Å². The molecule has 3 nitrogen and oxygen atoms in total. The first kappa shape index (κ1) is 11.2. The third kappa shape index (κ3) is 2.19. The standard InChI is InChI=1S/C14H10BrN3/c15-13-3-1-2-11(8-13)12-9-17-18(10-12)14-4-6-16-7-5-14/h1-10H. The minimum Gasteiger partial charge on any atom is -0.265 e. The van der Waals surface area contributed by atoms with Crippen LogP contribution in [0.3, 0.4) is 0 Å². The molecule has 4 heteroatoms. The fourth-order valence-corrected chi connectivity index (χ4v) is 2.18. The molecule has 0 aliphatic rings.